The molecule has 3 heteroatoms. The summed E-state index contributed by atoms with van der Waals surface area (Å²) in [4.78, 5) is 12.1. The van der Waals surface area contributed by atoms with Gasteiger partial charge in [0.15, 0.2) is 0 Å². The van der Waals surface area contributed by atoms with Crippen LogP contribution >= 0.6 is 11.6 Å². The van der Waals surface area contributed by atoms with Gasteiger partial charge in [-0.3, -0.25) is 4.79 Å². The fourth-order valence-electron chi connectivity index (χ4n) is 2.46. The second-order valence-electron chi connectivity index (χ2n) is 5.23. The molecule has 1 aliphatic carbocycles. The van der Waals surface area contributed by atoms with Crippen LogP contribution in [0.15, 0.2) is 36.4 Å². The summed E-state index contributed by atoms with van der Waals surface area (Å²) < 4.78 is 0. The smallest absolute Gasteiger partial charge is 0.223 e. The molecule has 1 aliphatic rings. The number of nitrogens with one attached hydrogen (secondary N) is 1. The van der Waals surface area contributed by atoms with Gasteiger partial charge in [-0.05, 0) is 50.3 Å². The number of carbonyl (C=O) groups excluding carboxylic acids is 1. The molecule has 0 saturated heterocycles. The Kier molecular flexibility index (Phi) is 5.03. The first kappa shape index (κ1) is 14.1. The van der Waals surface area contributed by atoms with Crippen molar-refractivity contribution in [2.24, 2.45) is 5.92 Å². The highest BCUT2D eigenvalue weighted by atomic mass is 35.5. The zero-order valence-corrected chi connectivity index (χ0v) is 12.0. The molecule has 2 rings (SSSR count). The van der Waals surface area contributed by atoms with Crippen molar-refractivity contribution in [3.05, 3.63) is 47.0 Å². The highest BCUT2D eigenvalue weighted by molar-refractivity contribution is 6.30. The average Bonchev–Trinajstić information content (AvgIpc) is 2.39. The Hall–Kier alpha value is -1.28. The first-order chi connectivity index (χ1) is 9.15. The second kappa shape index (κ2) is 6.76. The van der Waals surface area contributed by atoms with E-state index in [0.29, 0.717) is 0 Å². The lowest BCUT2D eigenvalue weighted by atomic mass is 9.93. The first-order valence-corrected chi connectivity index (χ1v) is 7.23. The Bertz CT molecular complexity index is 470. The van der Waals surface area contributed by atoms with Gasteiger partial charge in [0.1, 0.15) is 0 Å². The zero-order valence-electron chi connectivity index (χ0n) is 11.2. The van der Waals surface area contributed by atoms with Crippen molar-refractivity contribution in [1.29, 1.82) is 0 Å². The summed E-state index contributed by atoms with van der Waals surface area (Å²) in [5, 5.41) is 3.85. The van der Waals surface area contributed by atoms with Crippen molar-refractivity contribution >= 4 is 17.5 Å². The number of halogens is 1. The SMILES string of the molecule is C[C@@H](Cc1cccc(Cl)c1)NC(=O)[C@@H]1CC=CCC1. The maximum absolute atomic E-state index is 12.1. The fraction of sp³-hybridized carbons (Fsp3) is 0.438. The van der Waals surface area contributed by atoms with Crippen LogP contribution in [0.25, 0.3) is 0 Å². The lowest BCUT2D eigenvalue weighted by Crippen LogP contribution is -2.38. The lowest BCUT2D eigenvalue weighted by molar-refractivity contribution is -0.125. The molecule has 102 valence electrons. The van der Waals surface area contributed by atoms with Crippen molar-refractivity contribution in [3.63, 3.8) is 0 Å². The molecule has 2 nitrogen and oxygen atoms in total. The summed E-state index contributed by atoms with van der Waals surface area (Å²) in [6.45, 7) is 2.04. The van der Waals surface area contributed by atoms with Crippen LogP contribution in [0, 0.1) is 5.92 Å². The van der Waals surface area contributed by atoms with E-state index in [2.05, 4.69) is 17.5 Å². The molecule has 2 atom stereocenters. The van der Waals surface area contributed by atoms with Crippen LogP contribution in [0.4, 0.5) is 0 Å². The van der Waals surface area contributed by atoms with Crippen LogP contribution < -0.4 is 5.32 Å². The number of hydrogen-bond acceptors (Lipinski definition) is 1. The number of hydrogen-bond donors (Lipinski definition) is 1. The number of amides is 1. The molecule has 1 aromatic rings. The highest BCUT2D eigenvalue weighted by Gasteiger charge is 2.20. The molecule has 0 saturated carbocycles. The van der Waals surface area contributed by atoms with Crippen LogP contribution in [0.1, 0.15) is 31.7 Å². The molecule has 0 fully saturated rings. The topological polar surface area (TPSA) is 29.1 Å². The molecule has 0 aliphatic heterocycles. The summed E-state index contributed by atoms with van der Waals surface area (Å²) in [7, 11) is 0. The van der Waals surface area contributed by atoms with Gasteiger partial charge in [0.2, 0.25) is 5.91 Å². The number of benzene rings is 1. The predicted molar refractivity (Wildman–Crippen MR) is 79.2 cm³/mol. The first-order valence-electron chi connectivity index (χ1n) is 6.85. The molecule has 0 spiro atoms. The lowest BCUT2D eigenvalue weighted by Gasteiger charge is -2.21. The molecular formula is C16H20ClNO. The predicted octanol–water partition coefficient (Wildman–Crippen LogP) is 3.74. The summed E-state index contributed by atoms with van der Waals surface area (Å²) in [5.74, 6) is 0.325. The van der Waals surface area contributed by atoms with Crippen molar-refractivity contribution in [2.45, 2.75) is 38.6 Å². The van der Waals surface area contributed by atoms with E-state index < -0.39 is 0 Å². The highest BCUT2D eigenvalue weighted by Crippen LogP contribution is 2.18. The molecule has 0 aromatic heterocycles. The Labute approximate surface area is 119 Å². The van der Waals surface area contributed by atoms with E-state index in [1.54, 1.807) is 0 Å². The quantitative estimate of drug-likeness (QED) is 0.835. The Morgan fingerprint density at radius 1 is 1.47 bits per heavy atom. The van der Waals surface area contributed by atoms with E-state index in [0.717, 1.165) is 36.3 Å². The molecule has 0 radical (unpaired) electrons. The van der Waals surface area contributed by atoms with Gasteiger partial charge in [0.05, 0.1) is 0 Å². The summed E-state index contributed by atoms with van der Waals surface area (Å²) in [6, 6.07) is 7.93. The minimum Gasteiger partial charge on any atom is -0.353 e. The van der Waals surface area contributed by atoms with Gasteiger partial charge in [-0.25, -0.2) is 0 Å². The number of allylic oxidation sites excluding steroid dienone is 2. The van der Waals surface area contributed by atoms with Gasteiger partial charge < -0.3 is 5.32 Å². The van der Waals surface area contributed by atoms with Gasteiger partial charge >= 0.3 is 0 Å². The molecule has 1 aromatic carbocycles. The number of rotatable bonds is 4. The van der Waals surface area contributed by atoms with Crippen molar-refractivity contribution in [2.75, 3.05) is 0 Å². The van der Waals surface area contributed by atoms with Crippen LogP contribution in [-0.2, 0) is 11.2 Å². The van der Waals surface area contributed by atoms with Crippen molar-refractivity contribution in [1.82, 2.24) is 5.32 Å². The van der Waals surface area contributed by atoms with Gasteiger partial charge in [-0.15, -0.1) is 0 Å². The van der Waals surface area contributed by atoms with Crippen LogP contribution in [0.3, 0.4) is 0 Å². The maximum Gasteiger partial charge on any atom is 0.223 e. The van der Waals surface area contributed by atoms with Gasteiger partial charge in [0, 0.05) is 17.0 Å². The monoisotopic (exact) mass is 277 g/mol. The Morgan fingerprint density at radius 3 is 3.00 bits per heavy atom. The van der Waals surface area contributed by atoms with Crippen LogP contribution in [-0.4, -0.2) is 11.9 Å². The summed E-state index contributed by atoms with van der Waals surface area (Å²) in [6.07, 6.45) is 7.92. The second-order valence-corrected chi connectivity index (χ2v) is 5.66. The Morgan fingerprint density at radius 2 is 2.32 bits per heavy atom. The minimum absolute atomic E-state index is 0.136. The zero-order chi connectivity index (χ0) is 13.7. The van der Waals surface area contributed by atoms with Crippen molar-refractivity contribution < 1.29 is 4.79 Å². The average molecular weight is 278 g/mol. The minimum atomic E-state index is 0.136. The summed E-state index contributed by atoms with van der Waals surface area (Å²) in [5.41, 5.74) is 1.16. The van der Waals surface area contributed by atoms with Gasteiger partial charge in [-0.2, -0.15) is 0 Å². The third-order valence-electron chi connectivity index (χ3n) is 3.46. The van der Waals surface area contributed by atoms with E-state index in [1.807, 2.05) is 31.2 Å². The fourth-order valence-corrected chi connectivity index (χ4v) is 2.67. The van der Waals surface area contributed by atoms with Crippen LogP contribution in [0.5, 0.6) is 0 Å². The van der Waals surface area contributed by atoms with Crippen molar-refractivity contribution in [3.8, 4) is 0 Å². The van der Waals surface area contributed by atoms with E-state index in [9.17, 15) is 4.79 Å². The summed E-state index contributed by atoms with van der Waals surface area (Å²) >= 11 is 5.96. The van der Waals surface area contributed by atoms with E-state index in [1.165, 1.54) is 0 Å². The largest absolute Gasteiger partial charge is 0.353 e. The molecule has 19 heavy (non-hydrogen) atoms. The molecule has 1 amide bonds. The molecule has 0 bridgehead atoms. The molecule has 0 heterocycles. The molecule has 1 N–H and O–H groups in total. The standard InChI is InChI=1S/C16H20ClNO/c1-12(10-13-6-5-9-15(17)11-13)18-16(19)14-7-3-2-4-8-14/h2-3,5-6,9,11-12,14H,4,7-8,10H2,1H3,(H,18,19)/t12-,14+/m0/s1. The van der Waals surface area contributed by atoms with Gasteiger partial charge in [-0.1, -0.05) is 35.9 Å². The van der Waals surface area contributed by atoms with E-state index in [-0.39, 0.29) is 17.9 Å². The van der Waals surface area contributed by atoms with E-state index in [4.69, 9.17) is 11.6 Å². The van der Waals surface area contributed by atoms with Gasteiger partial charge in [0.25, 0.3) is 0 Å². The third-order valence-corrected chi connectivity index (χ3v) is 3.69. The normalized spacial score (nSPS) is 20.0. The third kappa shape index (κ3) is 4.39. The van der Waals surface area contributed by atoms with Crippen LogP contribution in [0.2, 0.25) is 5.02 Å². The molecular weight excluding hydrogens is 258 g/mol. The van der Waals surface area contributed by atoms with E-state index >= 15 is 0 Å². The molecule has 0 unspecified atom stereocenters. The maximum atomic E-state index is 12.1. The Balaban J connectivity index is 1.85. The number of carbonyl (C=O) groups is 1.